The van der Waals surface area contributed by atoms with Crippen LogP contribution in [0.2, 0.25) is 0 Å². The molecule has 17 heavy (non-hydrogen) atoms. The number of hydrogen-bond donors (Lipinski definition) is 2. The Balaban J connectivity index is 2.43. The van der Waals surface area contributed by atoms with Crippen LogP contribution in [0, 0.1) is 0 Å². The number of guanidine groups is 1. The summed E-state index contributed by atoms with van der Waals surface area (Å²) in [5, 5.41) is 5.83. The highest BCUT2D eigenvalue weighted by Gasteiger charge is 2.06. The highest BCUT2D eigenvalue weighted by atomic mass is 15.5. The third-order valence-electron chi connectivity index (χ3n) is 2.22. The molecular weight excluding hydrogens is 212 g/mol. The van der Waals surface area contributed by atoms with Crippen molar-refractivity contribution in [1.82, 2.24) is 0 Å². The van der Waals surface area contributed by atoms with Gasteiger partial charge in [-0.2, -0.15) is 0 Å². The molecular formula is C13H14N4. The maximum Gasteiger partial charge on any atom is 0.209 e. The summed E-state index contributed by atoms with van der Waals surface area (Å²) in [7, 11) is 0. The molecule has 0 spiro atoms. The number of nitrogens with two attached hydrogens (primary N) is 2. The van der Waals surface area contributed by atoms with Crippen LogP contribution in [0.25, 0.3) is 0 Å². The molecule has 4 nitrogen and oxygen atoms in total. The number of benzene rings is 2. The van der Waals surface area contributed by atoms with Crippen LogP contribution < -0.4 is 16.5 Å². The van der Waals surface area contributed by atoms with Crippen molar-refractivity contribution in [3.8, 4) is 0 Å². The number of nitrogens with zero attached hydrogens (tertiary/aromatic N) is 2. The normalized spacial score (nSPS) is 9.65. The van der Waals surface area contributed by atoms with E-state index in [4.69, 9.17) is 11.5 Å². The number of hydrogen-bond acceptors (Lipinski definition) is 2. The summed E-state index contributed by atoms with van der Waals surface area (Å²) < 4.78 is 0. The summed E-state index contributed by atoms with van der Waals surface area (Å²) in [6, 6.07) is 19.4. The van der Waals surface area contributed by atoms with Crippen molar-refractivity contribution in [1.29, 1.82) is 0 Å². The van der Waals surface area contributed by atoms with Crippen LogP contribution in [0.15, 0.2) is 65.8 Å². The van der Waals surface area contributed by atoms with Gasteiger partial charge in [0.05, 0.1) is 11.4 Å². The van der Waals surface area contributed by atoms with Crippen LogP contribution in [0.1, 0.15) is 0 Å². The molecule has 0 atom stereocenters. The number of para-hydroxylation sites is 2. The summed E-state index contributed by atoms with van der Waals surface area (Å²) in [6.07, 6.45) is 0. The number of hydrazone groups is 1. The fraction of sp³-hybridized carbons (Fsp3) is 0. The van der Waals surface area contributed by atoms with Crippen LogP contribution in [0.4, 0.5) is 11.4 Å². The molecule has 0 saturated carbocycles. The second-order valence-electron chi connectivity index (χ2n) is 3.51. The van der Waals surface area contributed by atoms with Crippen molar-refractivity contribution in [2.45, 2.75) is 0 Å². The van der Waals surface area contributed by atoms with Gasteiger partial charge in [-0.1, -0.05) is 36.4 Å². The van der Waals surface area contributed by atoms with Crippen molar-refractivity contribution < 1.29 is 0 Å². The van der Waals surface area contributed by atoms with E-state index in [2.05, 4.69) is 5.10 Å². The lowest BCUT2D eigenvalue weighted by Crippen LogP contribution is -2.27. The van der Waals surface area contributed by atoms with Gasteiger partial charge in [-0.25, -0.2) is 5.01 Å². The molecule has 4 heteroatoms. The molecule has 0 heterocycles. The monoisotopic (exact) mass is 226 g/mol. The van der Waals surface area contributed by atoms with E-state index in [0.717, 1.165) is 11.4 Å². The Morgan fingerprint density at radius 1 is 0.765 bits per heavy atom. The number of rotatable bonds is 3. The maximum absolute atomic E-state index is 5.45. The minimum Gasteiger partial charge on any atom is -0.369 e. The average Bonchev–Trinajstić information content (AvgIpc) is 2.38. The second kappa shape index (κ2) is 5.03. The first-order valence-corrected chi connectivity index (χ1v) is 5.27. The highest BCUT2D eigenvalue weighted by molar-refractivity contribution is 5.79. The molecule has 0 saturated heterocycles. The van der Waals surface area contributed by atoms with Crippen molar-refractivity contribution >= 4 is 17.3 Å². The molecule has 0 bridgehead atoms. The Hall–Kier alpha value is -2.49. The van der Waals surface area contributed by atoms with Crippen LogP contribution in [-0.4, -0.2) is 5.96 Å². The van der Waals surface area contributed by atoms with Crippen molar-refractivity contribution in [2.24, 2.45) is 16.6 Å². The molecule has 2 rings (SSSR count). The van der Waals surface area contributed by atoms with Crippen LogP contribution in [-0.2, 0) is 0 Å². The minimum absolute atomic E-state index is 0.0257. The van der Waals surface area contributed by atoms with E-state index in [1.807, 2.05) is 60.7 Å². The lowest BCUT2D eigenvalue weighted by molar-refractivity contribution is 1.07. The minimum atomic E-state index is 0.0257. The van der Waals surface area contributed by atoms with Gasteiger partial charge < -0.3 is 11.5 Å². The van der Waals surface area contributed by atoms with Gasteiger partial charge in [0.25, 0.3) is 0 Å². The first-order chi connectivity index (χ1) is 8.27. The first kappa shape index (κ1) is 11.0. The molecule has 0 aliphatic heterocycles. The van der Waals surface area contributed by atoms with Crippen molar-refractivity contribution in [3.63, 3.8) is 0 Å². The Morgan fingerprint density at radius 2 is 1.18 bits per heavy atom. The van der Waals surface area contributed by atoms with E-state index in [1.54, 1.807) is 5.01 Å². The summed E-state index contributed by atoms with van der Waals surface area (Å²) in [5.74, 6) is 0.0257. The van der Waals surface area contributed by atoms with Crippen molar-refractivity contribution in [2.75, 3.05) is 5.01 Å². The van der Waals surface area contributed by atoms with E-state index < -0.39 is 0 Å². The molecule has 4 N–H and O–H groups in total. The molecule has 0 amide bonds. The van der Waals surface area contributed by atoms with Gasteiger partial charge in [-0.15, -0.1) is 5.10 Å². The second-order valence-corrected chi connectivity index (χ2v) is 3.51. The predicted molar refractivity (Wildman–Crippen MR) is 70.8 cm³/mol. The molecule has 0 unspecified atom stereocenters. The van der Waals surface area contributed by atoms with E-state index in [9.17, 15) is 0 Å². The van der Waals surface area contributed by atoms with Gasteiger partial charge in [0.2, 0.25) is 5.96 Å². The zero-order valence-electron chi connectivity index (χ0n) is 9.32. The summed E-state index contributed by atoms with van der Waals surface area (Å²) in [6.45, 7) is 0. The fourth-order valence-corrected chi connectivity index (χ4v) is 1.52. The fourth-order valence-electron chi connectivity index (χ4n) is 1.52. The molecule has 0 aliphatic carbocycles. The van der Waals surface area contributed by atoms with Crippen LogP contribution in [0.5, 0.6) is 0 Å². The van der Waals surface area contributed by atoms with Gasteiger partial charge >= 0.3 is 0 Å². The number of anilines is 2. The molecule has 2 aromatic carbocycles. The summed E-state index contributed by atoms with van der Waals surface area (Å²) >= 11 is 0. The lowest BCUT2D eigenvalue weighted by atomic mass is 10.2. The standard InChI is InChI=1S/C13H14N4/c14-13(15)16-17(11-7-3-1-4-8-11)12-9-5-2-6-10-12/h1-10H,(H4,14,15,16). The third-order valence-corrected chi connectivity index (χ3v) is 2.22. The van der Waals surface area contributed by atoms with E-state index in [0.29, 0.717) is 0 Å². The zero-order valence-corrected chi connectivity index (χ0v) is 9.32. The lowest BCUT2D eigenvalue weighted by Gasteiger charge is -2.19. The highest BCUT2D eigenvalue weighted by Crippen LogP contribution is 2.24. The molecule has 2 aromatic rings. The predicted octanol–water partition coefficient (Wildman–Crippen LogP) is 2.01. The van der Waals surface area contributed by atoms with Gasteiger partial charge in [0, 0.05) is 0 Å². The van der Waals surface area contributed by atoms with Crippen LogP contribution >= 0.6 is 0 Å². The molecule has 0 fully saturated rings. The molecule has 0 radical (unpaired) electrons. The van der Waals surface area contributed by atoms with Gasteiger partial charge in [0.15, 0.2) is 0 Å². The quantitative estimate of drug-likeness (QED) is 0.478. The Morgan fingerprint density at radius 3 is 1.53 bits per heavy atom. The summed E-state index contributed by atoms with van der Waals surface area (Å²) in [5.41, 5.74) is 12.7. The molecule has 0 aliphatic rings. The van der Waals surface area contributed by atoms with Gasteiger partial charge in [0.1, 0.15) is 0 Å². The Labute approximate surface area is 100 Å². The topological polar surface area (TPSA) is 67.6 Å². The Bertz CT molecular complexity index is 450. The van der Waals surface area contributed by atoms with Crippen molar-refractivity contribution in [3.05, 3.63) is 60.7 Å². The molecule has 86 valence electrons. The van der Waals surface area contributed by atoms with E-state index in [-0.39, 0.29) is 5.96 Å². The largest absolute Gasteiger partial charge is 0.369 e. The zero-order chi connectivity index (χ0) is 12.1. The molecule has 0 aromatic heterocycles. The first-order valence-electron chi connectivity index (χ1n) is 5.27. The van der Waals surface area contributed by atoms with Gasteiger partial charge in [-0.05, 0) is 24.3 Å². The SMILES string of the molecule is NC(N)=NN(c1ccccc1)c1ccccc1. The Kier molecular flexibility index (Phi) is 3.25. The van der Waals surface area contributed by atoms with Crippen LogP contribution in [0.3, 0.4) is 0 Å². The average molecular weight is 226 g/mol. The van der Waals surface area contributed by atoms with E-state index >= 15 is 0 Å². The third kappa shape index (κ3) is 2.75. The van der Waals surface area contributed by atoms with E-state index in [1.165, 1.54) is 0 Å². The summed E-state index contributed by atoms with van der Waals surface area (Å²) in [4.78, 5) is 0. The van der Waals surface area contributed by atoms with Gasteiger partial charge in [-0.3, -0.25) is 0 Å². The smallest absolute Gasteiger partial charge is 0.209 e. The maximum atomic E-state index is 5.45.